The summed E-state index contributed by atoms with van der Waals surface area (Å²) in [5, 5.41) is 6.38. The van der Waals surface area contributed by atoms with Crippen LogP contribution in [0.15, 0.2) is 39.8 Å². The number of nitrogens with one attached hydrogen (secondary N) is 1. The third-order valence-corrected chi connectivity index (χ3v) is 5.22. The van der Waals surface area contributed by atoms with Crippen molar-refractivity contribution >= 4 is 17.6 Å². The fourth-order valence-corrected chi connectivity index (χ4v) is 3.93. The van der Waals surface area contributed by atoms with Crippen LogP contribution in [0.5, 0.6) is 0 Å². The molecule has 2 heterocycles. The van der Waals surface area contributed by atoms with Gasteiger partial charge in [-0.2, -0.15) is 0 Å². The Morgan fingerprint density at radius 1 is 1.27 bits per heavy atom. The van der Waals surface area contributed by atoms with Gasteiger partial charge >= 0.3 is 0 Å². The summed E-state index contributed by atoms with van der Waals surface area (Å²) in [5.74, 6) is 0.843. The molecule has 22 heavy (non-hydrogen) atoms. The van der Waals surface area contributed by atoms with Crippen LogP contribution in [0.4, 0.5) is 5.88 Å². The van der Waals surface area contributed by atoms with Gasteiger partial charge in [-0.3, -0.25) is 0 Å². The second-order valence-corrected chi connectivity index (χ2v) is 6.90. The summed E-state index contributed by atoms with van der Waals surface area (Å²) in [6.07, 6.45) is 3.56. The van der Waals surface area contributed by atoms with Crippen molar-refractivity contribution in [2.45, 2.75) is 55.8 Å². The van der Waals surface area contributed by atoms with Crippen molar-refractivity contribution in [3.05, 3.63) is 41.8 Å². The molecule has 2 unspecified atom stereocenters. The highest BCUT2D eigenvalue weighted by Gasteiger charge is 2.36. The topological polar surface area (TPSA) is 57.0 Å². The molecule has 2 atom stereocenters. The van der Waals surface area contributed by atoms with E-state index in [9.17, 15) is 0 Å². The van der Waals surface area contributed by atoms with Gasteiger partial charge < -0.3 is 10.3 Å². The van der Waals surface area contributed by atoms with Gasteiger partial charge in [0.05, 0.1) is 22.6 Å². The molecule has 1 aromatic carbocycles. The lowest BCUT2D eigenvalue weighted by atomic mass is 10.00. The first kappa shape index (κ1) is 15.2. The zero-order valence-electron chi connectivity index (χ0n) is 13.0. The lowest BCUT2D eigenvalue weighted by Crippen LogP contribution is -2.69. The number of hydrogen-bond donors (Lipinski definition) is 0. The Hall–Kier alpha value is -1.69. The number of nitrogens with zero attached hydrogens (tertiary/aromatic N) is 3. The standard InChI is InChI=1S/C16H22N4OS/c1-12-7-6-8-13(2)19(12)20-15(16(17)21-18-20)11-22-14-9-4-3-5-10-14/h3-5,9-10,12-13,17H,6-8,11H2,1-2H3. The molecule has 1 saturated heterocycles. The van der Waals surface area contributed by atoms with Gasteiger partial charge in [0.1, 0.15) is 5.88 Å². The third-order valence-electron chi connectivity index (χ3n) is 4.20. The number of thioether (sulfide) groups is 1. The number of rotatable bonds is 4. The monoisotopic (exact) mass is 318 g/mol. The van der Waals surface area contributed by atoms with Crippen LogP contribution in [-0.4, -0.2) is 17.4 Å². The molecule has 0 saturated carbocycles. The van der Waals surface area contributed by atoms with E-state index in [-0.39, 0.29) is 5.88 Å². The molecular formula is C16H22N4OS. The largest absolute Gasteiger partial charge is 0.660 e. The molecule has 1 aliphatic rings. The molecule has 0 spiro atoms. The van der Waals surface area contributed by atoms with Gasteiger partial charge in [0.2, 0.25) is 5.27 Å². The van der Waals surface area contributed by atoms with E-state index in [0.717, 1.165) is 18.5 Å². The molecule has 5 nitrogen and oxygen atoms in total. The molecule has 0 radical (unpaired) electrons. The quantitative estimate of drug-likeness (QED) is 0.635. The van der Waals surface area contributed by atoms with Crippen molar-refractivity contribution in [3.8, 4) is 0 Å². The zero-order valence-corrected chi connectivity index (χ0v) is 13.8. The van der Waals surface area contributed by atoms with E-state index in [1.807, 2.05) is 23.0 Å². The summed E-state index contributed by atoms with van der Waals surface area (Å²) in [4.78, 5) is 3.02. The van der Waals surface area contributed by atoms with E-state index in [4.69, 9.17) is 10.3 Å². The maximum Gasteiger partial charge on any atom is 0.278 e. The van der Waals surface area contributed by atoms with Crippen LogP contribution in [0, 0.1) is 0 Å². The summed E-state index contributed by atoms with van der Waals surface area (Å²) in [6, 6.07) is 11.1. The molecule has 1 aliphatic heterocycles. The molecule has 0 bridgehead atoms. The molecule has 3 rings (SSSR count). The predicted molar refractivity (Wildman–Crippen MR) is 87.7 cm³/mol. The maximum absolute atomic E-state index is 8.02. The fraction of sp³-hybridized carbons (Fsp3) is 0.500. The highest BCUT2D eigenvalue weighted by molar-refractivity contribution is 7.98. The number of aromatic nitrogens is 2. The predicted octanol–water partition coefficient (Wildman–Crippen LogP) is 3.84. The highest BCUT2D eigenvalue weighted by Crippen LogP contribution is 2.26. The molecular weight excluding hydrogens is 296 g/mol. The Morgan fingerprint density at radius 3 is 2.64 bits per heavy atom. The minimum atomic E-state index is 0.161. The van der Waals surface area contributed by atoms with Crippen LogP contribution >= 0.6 is 11.8 Å². The Kier molecular flexibility index (Phi) is 4.57. The molecule has 6 heteroatoms. The van der Waals surface area contributed by atoms with Gasteiger partial charge in [-0.05, 0) is 45.2 Å². The van der Waals surface area contributed by atoms with Crippen LogP contribution in [0.25, 0.3) is 5.73 Å². The minimum Gasteiger partial charge on any atom is -0.660 e. The Balaban J connectivity index is 1.81. The first-order valence-electron chi connectivity index (χ1n) is 7.75. The van der Waals surface area contributed by atoms with Gasteiger partial charge in [-0.25, -0.2) is 0 Å². The van der Waals surface area contributed by atoms with Crippen LogP contribution in [0.1, 0.15) is 38.8 Å². The molecule has 2 aromatic rings. The molecule has 0 amide bonds. The summed E-state index contributed by atoms with van der Waals surface area (Å²) < 4.78 is 5.16. The van der Waals surface area contributed by atoms with E-state index < -0.39 is 0 Å². The minimum absolute atomic E-state index is 0.161. The Morgan fingerprint density at radius 2 is 1.95 bits per heavy atom. The second-order valence-electron chi connectivity index (χ2n) is 5.85. The summed E-state index contributed by atoms with van der Waals surface area (Å²) in [7, 11) is 0. The summed E-state index contributed by atoms with van der Waals surface area (Å²) in [5.41, 5.74) is 8.85. The van der Waals surface area contributed by atoms with Crippen LogP contribution in [-0.2, 0) is 5.75 Å². The lowest BCUT2D eigenvalue weighted by Gasteiger charge is -2.32. The Labute approximate surface area is 135 Å². The molecule has 118 valence electrons. The van der Waals surface area contributed by atoms with Crippen molar-refractivity contribution in [1.82, 2.24) is 5.27 Å². The average Bonchev–Trinajstić information content (AvgIpc) is 2.87. The van der Waals surface area contributed by atoms with Gasteiger partial charge in [0.15, 0.2) is 0 Å². The van der Waals surface area contributed by atoms with Crippen molar-refractivity contribution in [2.75, 3.05) is 5.01 Å². The number of piperidine rings is 1. The van der Waals surface area contributed by atoms with E-state index in [1.165, 1.54) is 11.3 Å². The van der Waals surface area contributed by atoms with Gasteiger partial charge in [0, 0.05) is 4.90 Å². The van der Waals surface area contributed by atoms with Crippen LogP contribution in [0.2, 0.25) is 0 Å². The van der Waals surface area contributed by atoms with Crippen molar-refractivity contribution in [2.24, 2.45) is 0 Å². The number of hydrogen-bond acceptors (Lipinski definition) is 4. The molecule has 1 N–H and O–H groups in total. The number of benzene rings is 1. The van der Waals surface area contributed by atoms with Crippen molar-refractivity contribution < 1.29 is 9.31 Å². The summed E-state index contributed by atoms with van der Waals surface area (Å²) in [6.45, 7) is 4.43. The third kappa shape index (κ3) is 3.06. The highest BCUT2D eigenvalue weighted by atomic mass is 32.2. The van der Waals surface area contributed by atoms with Crippen LogP contribution < -0.4 is 9.80 Å². The maximum atomic E-state index is 8.02. The second kappa shape index (κ2) is 6.60. The van der Waals surface area contributed by atoms with Crippen LogP contribution in [0.3, 0.4) is 0 Å². The molecule has 1 fully saturated rings. The smallest absolute Gasteiger partial charge is 0.278 e. The zero-order chi connectivity index (χ0) is 15.5. The van der Waals surface area contributed by atoms with Gasteiger partial charge in [0.25, 0.3) is 5.69 Å². The average molecular weight is 318 g/mol. The van der Waals surface area contributed by atoms with Gasteiger partial charge in [-0.15, -0.1) is 16.8 Å². The summed E-state index contributed by atoms with van der Waals surface area (Å²) >= 11 is 1.71. The first-order valence-corrected chi connectivity index (χ1v) is 8.74. The first-order chi connectivity index (χ1) is 10.7. The van der Waals surface area contributed by atoms with E-state index in [0.29, 0.717) is 17.8 Å². The SMILES string of the molecule is CC1CCCC(C)N1[n+]1noc([NH-])c1CSc1ccccc1. The molecule has 1 aromatic heterocycles. The normalized spacial score (nSPS) is 22.0. The molecule has 0 aliphatic carbocycles. The lowest BCUT2D eigenvalue weighted by molar-refractivity contribution is -0.771. The van der Waals surface area contributed by atoms with E-state index >= 15 is 0 Å². The van der Waals surface area contributed by atoms with E-state index in [1.54, 1.807) is 11.8 Å². The van der Waals surface area contributed by atoms with Crippen molar-refractivity contribution in [3.63, 3.8) is 0 Å². The fourth-order valence-electron chi connectivity index (χ4n) is 3.03. The van der Waals surface area contributed by atoms with Crippen molar-refractivity contribution in [1.29, 1.82) is 0 Å². The van der Waals surface area contributed by atoms with E-state index in [2.05, 4.69) is 36.3 Å². The van der Waals surface area contributed by atoms with Gasteiger partial charge in [-0.1, -0.05) is 18.2 Å². The Bertz CT molecular complexity index is 606.